The van der Waals surface area contributed by atoms with Crippen molar-refractivity contribution < 1.29 is 4.42 Å². The minimum atomic E-state index is -0.179. The molecule has 0 bridgehead atoms. The number of fused-ring (bicyclic) bond motifs is 6. The lowest BCUT2D eigenvalue weighted by Gasteiger charge is -2.21. The molecule has 0 amide bonds. The molecule has 4 heteroatoms. The standard InChI is InChI=1S/C42H29N3O/c1-42(2)34-22-20-28(29-21-23-37-32(24-29)30-16-9-10-19-36(30)46-37)25-33(34)38-31(17-11-18-35(38)42)41-44-39(26-12-5-3-6-13-26)43-40(45-41)27-14-7-4-8-15-27/h3-25H,1-2H3. The van der Waals surface area contributed by atoms with E-state index in [1.807, 2.05) is 72.8 Å². The lowest BCUT2D eigenvalue weighted by Crippen LogP contribution is -2.14. The van der Waals surface area contributed by atoms with E-state index < -0.39 is 0 Å². The largest absolute Gasteiger partial charge is 0.456 e. The molecule has 2 heterocycles. The second-order valence-electron chi connectivity index (χ2n) is 12.5. The number of benzene rings is 6. The maximum atomic E-state index is 6.12. The molecule has 0 N–H and O–H groups in total. The summed E-state index contributed by atoms with van der Waals surface area (Å²) < 4.78 is 6.12. The number of aromatic nitrogens is 3. The Labute approximate surface area is 267 Å². The fraction of sp³-hybridized carbons (Fsp3) is 0.0714. The van der Waals surface area contributed by atoms with Crippen LogP contribution in [0.4, 0.5) is 0 Å². The SMILES string of the molecule is CC1(C)c2ccc(-c3ccc4oc5ccccc5c4c3)cc2-c2c(-c3nc(-c4ccccc4)nc(-c4ccccc4)n3)cccc21. The summed E-state index contributed by atoms with van der Waals surface area (Å²) in [4.78, 5) is 15.1. The predicted octanol–water partition coefficient (Wildman–Crippen LogP) is 10.7. The number of hydrogen-bond donors (Lipinski definition) is 0. The third-order valence-corrected chi connectivity index (χ3v) is 9.35. The molecule has 1 aliphatic rings. The van der Waals surface area contributed by atoms with Gasteiger partial charge in [0.25, 0.3) is 0 Å². The fourth-order valence-electron chi connectivity index (χ4n) is 7.01. The average molecular weight is 592 g/mol. The van der Waals surface area contributed by atoms with E-state index in [1.165, 1.54) is 22.3 Å². The van der Waals surface area contributed by atoms with Crippen LogP contribution in [0.5, 0.6) is 0 Å². The quantitative estimate of drug-likeness (QED) is 0.204. The van der Waals surface area contributed by atoms with Crippen LogP contribution in [0.3, 0.4) is 0 Å². The topological polar surface area (TPSA) is 51.8 Å². The Balaban J connectivity index is 1.25. The molecule has 218 valence electrons. The Morgan fingerprint density at radius 1 is 0.435 bits per heavy atom. The van der Waals surface area contributed by atoms with Crippen LogP contribution < -0.4 is 0 Å². The second kappa shape index (κ2) is 10.1. The van der Waals surface area contributed by atoms with Gasteiger partial charge in [0.2, 0.25) is 0 Å². The van der Waals surface area contributed by atoms with Crippen molar-refractivity contribution in [3.8, 4) is 56.4 Å². The zero-order valence-electron chi connectivity index (χ0n) is 25.5. The molecule has 0 aliphatic heterocycles. The maximum absolute atomic E-state index is 6.12. The highest BCUT2D eigenvalue weighted by atomic mass is 16.3. The minimum absolute atomic E-state index is 0.179. The monoisotopic (exact) mass is 591 g/mol. The minimum Gasteiger partial charge on any atom is -0.456 e. The first-order valence-electron chi connectivity index (χ1n) is 15.6. The van der Waals surface area contributed by atoms with Crippen LogP contribution in [0.15, 0.2) is 144 Å². The smallest absolute Gasteiger partial charge is 0.164 e. The van der Waals surface area contributed by atoms with Gasteiger partial charge >= 0.3 is 0 Å². The number of hydrogen-bond acceptors (Lipinski definition) is 4. The van der Waals surface area contributed by atoms with Gasteiger partial charge in [0.1, 0.15) is 11.2 Å². The summed E-state index contributed by atoms with van der Waals surface area (Å²) in [5, 5.41) is 2.26. The van der Waals surface area contributed by atoms with Crippen molar-refractivity contribution in [1.82, 2.24) is 15.0 Å². The highest BCUT2D eigenvalue weighted by molar-refractivity contribution is 6.06. The van der Waals surface area contributed by atoms with Gasteiger partial charge in [0, 0.05) is 32.9 Å². The highest BCUT2D eigenvalue weighted by Gasteiger charge is 2.37. The van der Waals surface area contributed by atoms with Crippen molar-refractivity contribution in [1.29, 1.82) is 0 Å². The Morgan fingerprint density at radius 3 is 1.78 bits per heavy atom. The summed E-state index contributed by atoms with van der Waals surface area (Å²) in [7, 11) is 0. The zero-order valence-corrected chi connectivity index (χ0v) is 25.5. The van der Waals surface area contributed by atoms with Crippen molar-refractivity contribution in [2.75, 3.05) is 0 Å². The van der Waals surface area contributed by atoms with E-state index in [-0.39, 0.29) is 5.41 Å². The molecule has 46 heavy (non-hydrogen) atoms. The van der Waals surface area contributed by atoms with Crippen molar-refractivity contribution in [3.63, 3.8) is 0 Å². The number of para-hydroxylation sites is 1. The van der Waals surface area contributed by atoms with E-state index in [0.717, 1.165) is 49.8 Å². The third kappa shape index (κ3) is 4.11. The Morgan fingerprint density at radius 2 is 1.04 bits per heavy atom. The van der Waals surface area contributed by atoms with Crippen molar-refractivity contribution >= 4 is 21.9 Å². The van der Waals surface area contributed by atoms with Crippen LogP contribution in [0.25, 0.3) is 78.4 Å². The van der Waals surface area contributed by atoms with Gasteiger partial charge in [-0.25, -0.2) is 15.0 Å². The third-order valence-electron chi connectivity index (χ3n) is 9.35. The predicted molar refractivity (Wildman–Crippen MR) is 186 cm³/mol. The first kappa shape index (κ1) is 26.5. The molecule has 0 atom stereocenters. The Bertz CT molecular complexity index is 2380. The first-order valence-corrected chi connectivity index (χ1v) is 15.6. The summed E-state index contributed by atoms with van der Waals surface area (Å²) in [5.74, 6) is 1.99. The van der Waals surface area contributed by atoms with Crippen LogP contribution in [0.2, 0.25) is 0 Å². The van der Waals surface area contributed by atoms with Gasteiger partial charge in [-0.2, -0.15) is 0 Å². The number of nitrogens with zero attached hydrogens (tertiary/aromatic N) is 3. The van der Waals surface area contributed by atoms with Crippen LogP contribution in [0.1, 0.15) is 25.0 Å². The van der Waals surface area contributed by atoms with Gasteiger partial charge in [0.05, 0.1) is 0 Å². The molecule has 0 saturated heterocycles. The molecule has 4 nitrogen and oxygen atoms in total. The summed E-state index contributed by atoms with van der Waals surface area (Å²) >= 11 is 0. The highest BCUT2D eigenvalue weighted by Crippen LogP contribution is 2.52. The number of furan rings is 1. The van der Waals surface area contributed by atoms with E-state index in [1.54, 1.807) is 0 Å². The average Bonchev–Trinajstić information content (AvgIpc) is 3.60. The van der Waals surface area contributed by atoms with Gasteiger partial charge in [0.15, 0.2) is 17.5 Å². The van der Waals surface area contributed by atoms with Gasteiger partial charge in [-0.1, -0.05) is 129 Å². The molecular weight excluding hydrogens is 562 g/mol. The summed E-state index contributed by atoms with van der Waals surface area (Å²) in [5.41, 5.74) is 11.9. The molecule has 0 fully saturated rings. The van der Waals surface area contributed by atoms with Crippen LogP contribution in [0, 0.1) is 0 Å². The van der Waals surface area contributed by atoms with Gasteiger partial charge in [-0.05, 0) is 57.6 Å². The van der Waals surface area contributed by atoms with Crippen LogP contribution >= 0.6 is 0 Å². The van der Waals surface area contributed by atoms with Crippen LogP contribution in [-0.4, -0.2) is 15.0 Å². The van der Waals surface area contributed by atoms with Crippen LogP contribution in [-0.2, 0) is 5.41 Å². The molecule has 1 aliphatic carbocycles. The van der Waals surface area contributed by atoms with E-state index >= 15 is 0 Å². The van der Waals surface area contributed by atoms with Crippen molar-refractivity contribution in [3.05, 3.63) is 151 Å². The molecule has 6 aromatic carbocycles. The molecule has 0 unspecified atom stereocenters. The van der Waals surface area contributed by atoms with E-state index in [9.17, 15) is 0 Å². The zero-order chi connectivity index (χ0) is 30.8. The fourth-order valence-corrected chi connectivity index (χ4v) is 7.01. The lowest BCUT2D eigenvalue weighted by molar-refractivity contribution is 0.660. The number of rotatable bonds is 4. The van der Waals surface area contributed by atoms with Crippen molar-refractivity contribution in [2.24, 2.45) is 0 Å². The molecular formula is C42H29N3O. The Kier molecular flexibility index (Phi) is 5.81. The molecule has 0 radical (unpaired) electrons. The molecule has 0 spiro atoms. The van der Waals surface area contributed by atoms with E-state index in [0.29, 0.717) is 17.5 Å². The van der Waals surface area contributed by atoms with Gasteiger partial charge < -0.3 is 4.42 Å². The molecule has 9 rings (SSSR count). The first-order chi connectivity index (χ1) is 22.5. The van der Waals surface area contributed by atoms with Gasteiger partial charge in [-0.15, -0.1) is 0 Å². The lowest BCUT2D eigenvalue weighted by atomic mass is 9.82. The Hall–Kier alpha value is -5.87. The maximum Gasteiger partial charge on any atom is 0.164 e. The second-order valence-corrected chi connectivity index (χ2v) is 12.5. The summed E-state index contributed by atoms with van der Waals surface area (Å²) in [6.07, 6.45) is 0. The summed E-state index contributed by atoms with van der Waals surface area (Å²) in [6.45, 7) is 4.62. The summed E-state index contributed by atoms with van der Waals surface area (Å²) in [6, 6.07) is 48.4. The molecule has 2 aromatic heterocycles. The van der Waals surface area contributed by atoms with Gasteiger partial charge in [-0.3, -0.25) is 0 Å². The van der Waals surface area contributed by atoms with E-state index in [2.05, 4.69) is 80.6 Å². The van der Waals surface area contributed by atoms with Crippen molar-refractivity contribution in [2.45, 2.75) is 19.3 Å². The van der Waals surface area contributed by atoms with E-state index in [4.69, 9.17) is 19.4 Å². The molecule has 8 aromatic rings. The normalized spacial score (nSPS) is 13.2. The molecule has 0 saturated carbocycles.